The van der Waals surface area contributed by atoms with Gasteiger partial charge in [-0.25, -0.2) is 0 Å². The molecule has 0 spiro atoms. The highest BCUT2D eigenvalue weighted by atomic mass is 16.3. The molecule has 2 aromatic rings. The Morgan fingerprint density at radius 1 is 1.04 bits per heavy atom. The van der Waals surface area contributed by atoms with Crippen LogP contribution in [0.3, 0.4) is 0 Å². The quantitative estimate of drug-likeness (QED) is 0.787. The van der Waals surface area contributed by atoms with E-state index >= 15 is 0 Å². The van der Waals surface area contributed by atoms with E-state index in [9.17, 15) is 9.59 Å². The first-order valence-electron chi connectivity index (χ1n) is 9.86. The molecule has 154 valence electrons. The summed E-state index contributed by atoms with van der Waals surface area (Å²) in [6.07, 6.45) is 0.832. The van der Waals surface area contributed by atoms with Crippen LogP contribution in [0.25, 0.3) is 11.0 Å². The highest BCUT2D eigenvalue weighted by Gasteiger charge is 2.25. The molecule has 1 heterocycles. The molecule has 28 heavy (non-hydrogen) atoms. The van der Waals surface area contributed by atoms with Crippen molar-refractivity contribution in [2.75, 3.05) is 27.2 Å². The van der Waals surface area contributed by atoms with Crippen LogP contribution in [-0.2, 0) is 10.8 Å². The van der Waals surface area contributed by atoms with E-state index < -0.39 is 0 Å². The van der Waals surface area contributed by atoms with Crippen molar-refractivity contribution in [3.8, 4) is 0 Å². The van der Waals surface area contributed by atoms with Crippen molar-refractivity contribution in [3.05, 3.63) is 45.3 Å². The van der Waals surface area contributed by atoms with Crippen LogP contribution in [0, 0.1) is 0 Å². The molecule has 0 saturated carbocycles. The number of nitrogens with zero attached hydrogens (tertiary/aromatic N) is 1. The van der Waals surface area contributed by atoms with Crippen LogP contribution in [-0.4, -0.2) is 38.0 Å². The second-order valence-electron chi connectivity index (χ2n) is 9.79. The minimum Gasteiger partial charge on any atom is -0.450 e. The lowest BCUT2D eigenvalue weighted by Crippen LogP contribution is -2.28. The zero-order valence-corrected chi connectivity index (χ0v) is 18.5. The minimum absolute atomic E-state index is 0.0661. The van der Waals surface area contributed by atoms with Crippen LogP contribution >= 0.6 is 0 Å². The third-order valence-electron chi connectivity index (χ3n) is 4.79. The van der Waals surface area contributed by atoms with E-state index in [-0.39, 0.29) is 27.9 Å². The van der Waals surface area contributed by atoms with Gasteiger partial charge in [-0.15, -0.1) is 0 Å². The van der Waals surface area contributed by atoms with E-state index in [4.69, 9.17) is 4.42 Å². The van der Waals surface area contributed by atoms with Crippen molar-refractivity contribution in [2.45, 2.75) is 58.8 Å². The second kappa shape index (κ2) is 8.08. The van der Waals surface area contributed by atoms with Gasteiger partial charge in [-0.05, 0) is 49.5 Å². The molecular weight excluding hydrogens is 352 g/mol. The van der Waals surface area contributed by atoms with E-state index in [2.05, 4.69) is 57.8 Å². The third-order valence-corrected chi connectivity index (χ3v) is 4.79. The Kier molecular flexibility index (Phi) is 6.39. The predicted molar refractivity (Wildman–Crippen MR) is 115 cm³/mol. The minimum atomic E-state index is -0.350. The van der Waals surface area contributed by atoms with Crippen LogP contribution in [0.15, 0.2) is 27.4 Å². The average molecular weight is 387 g/mol. The van der Waals surface area contributed by atoms with Crippen molar-refractivity contribution < 1.29 is 9.21 Å². The summed E-state index contributed by atoms with van der Waals surface area (Å²) in [7, 11) is 3.98. The van der Waals surface area contributed by atoms with E-state index in [1.807, 2.05) is 20.2 Å². The maximum absolute atomic E-state index is 12.8. The lowest BCUT2D eigenvalue weighted by Gasteiger charge is -2.26. The molecule has 1 N–H and O–H groups in total. The Morgan fingerprint density at radius 2 is 1.68 bits per heavy atom. The van der Waals surface area contributed by atoms with Gasteiger partial charge in [-0.1, -0.05) is 47.6 Å². The van der Waals surface area contributed by atoms with Gasteiger partial charge in [0, 0.05) is 18.2 Å². The molecule has 0 aliphatic rings. The molecule has 5 nitrogen and oxygen atoms in total. The van der Waals surface area contributed by atoms with E-state index in [0.717, 1.165) is 24.1 Å². The molecule has 0 unspecified atom stereocenters. The smallest absolute Gasteiger partial charge is 0.287 e. The van der Waals surface area contributed by atoms with Crippen LogP contribution in [0.1, 0.15) is 69.6 Å². The first-order chi connectivity index (χ1) is 12.8. The summed E-state index contributed by atoms with van der Waals surface area (Å²) < 4.78 is 5.99. The number of rotatable bonds is 5. The summed E-state index contributed by atoms with van der Waals surface area (Å²) in [6, 6.07) is 5.31. The fourth-order valence-electron chi connectivity index (χ4n) is 3.04. The lowest BCUT2D eigenvalue weighted by atomic mass is 9.79. The van der Waals surface area contributed by atoms with Crippen molar-refractivity contribution >= 4 is 16.9 Å². The van der Waals surface area contributed by atoms with Gasteiger partial charge in [0.25, 0.3) is 5.91 Å². The van der Waals surface area contributed by atoms with E-state index in [1.54, 1.807) is 0 Å². The SMILES string of the molecule is CN(C)CCCNC(=O)c1cc(=O)c2cc(C(C)(C)C)cc(C(C)(C)C)c2o1. The predicted octanol–water partition coefficient (Wildman–Crippen LogP) is 4.07. The summed E-state index contributed by atoms with van der Waals surface area (Å²) in [5.41, 5.74) is 2.02. The summed E-state index contributed by atoms with van der Waals surface area (Å²) in [5.74, 6) is -0.283. The van der Waals surface area contributed by atoms with Crippen molar-refractivity contribution in [1.82, 2.24) is 10.2 Å². The molecule has 0 aliphatic heterocycles. The summed E-state index contributed by atoms with van der Waals surface area (Å²) in [4.78, 5) is 27.4. The largest absolute Gasteiger partial charge is 0.450 e. The van der Waals surface area contributed by atoms with Gasteiger partial charge in [-0.3, -0.25) is 9.59 Å². The summed E-state index contributed by atoms with van der Waals surface area (Å²) in [5, 5.41) is 3.37. The molecule has 1 amide bonds. The maximum atomic E-state index is 12.8. The van der Waals surface area contributed by atoms with E-state index in [1.165, 1.54) is 6.07 Å². The molecule has 0 aliphatic carbocycles. The molecular formula is C23H34N2O3. The lowest BCUT2D eigenvalue weighted by molar-refractivity contribution is 0.0925. The Hall–Kier alpha value is -2.14. The van der Waals surface area contributed by atoms with Gasteiger partial charge < -0.3 is 14.6 Å². The van der Waals surface area contributed by atoms with E-state index in [0.29, 0.717) is 17.5 Å². The maximum Gasteiger partial charge on any atom is 0.287 e. The Balaban J connectivity index is 2.51. The van der Waals surface area contributed by atoms with Crippen LogP contribution < -0.4 is 10.7 Å². The molecule has 0 radical (unpaired) electrons. The molecule has 1 aromatic carbocycles. The fourth-order valence-corrected chi connectivity index (χ4v) is 3.04. The highest BCUT2D eigenvalue weighted by Crippen LogP contribution is 2.34. The Bertz CT molecular complexity index is 912. The zero-order chi connectivity index (χ0) is 21.3. The number of carbonyl (C=O) groups is 1. The van der Waals surface area contributed by atoms with Crippen LogP contribution in [0.2, 0.25) is 0 Å². The first kappa shape index (κ1) is 22.2. The monoisotopic (exact) mass is 386 g/mol. The normalized spacial score (nSPS) is 12.6. The number of benzene rings is 1. The van der Waals surface area contributed by atoms with Gasteiger partial charge in [0.15, 0.2) is 11.2 Å². The number of hydrogen-bond acceptors (Lipinski definition) is 4. The molecule has 0 bridgehead atoms. The summed E-state index contributed by atoms with van der Waals surface area (Å²) >= 11 is 0. The average Bonchev–Trinajstić information content (AvgIpc) is 2.55. The molecule has 0 saturated heterocycles. The second-order valence-corrected chi connectivity index (χ2v) is 9.79. The van der Waals surface area contributed by atoms with Gasteiger partial charge in [-0.2, -0.15) is 0 Å². The standard InChI is InChI=1S/C23H34N2O3/c1-22(2,3)15-12-16-18(26)14-19(21(27)24-10-9-11-25(7)8)28-20(16)17(13-15)23(4,5)6/h12-14H,9-11H2,1-8H3,(H,24,27). The van der Waals surface area contributed by atoms with Gasteiger partial charge >= 0.3 is 0 Å². The fraction of sp³-hybridized carbons (Fsp3) is 0.565. The van der Waals surface area contributed by atoms with Crippen molar-refractivity contribution in [1.29, 1.82) is 0 Å². The van der Waals surface area contributed by atoms with Crippen molar-refractivity contribution in [3.63, 3.8) is 0 Å². The van der Waals surface area contributed by atoms with Gasteiger partial charge in [0.1, 0.15) is 5.58 Å². The molecule has 1 aromatic heterocycles. The zero-order valence-electron chi connectivity index (χ0n) is 18.5. The molecule has 0 atom stereocenters. The number of fused-ring (bicyclic) bond motifs is 1. The van der Waals surface area contributed by atoms with Gasteiger partial charge in [0.2, 0.25) is 0 Å². The van der Waals surface area contributed by atoms with Crippen LogP contribution in [0.5, 0.6) is 0 Å². The first-order valence-corrected chi connectivity index (χ1v) is 9.86. The number of amides is 1. The highest BCUT2D eigenvalue weighted by molar-refractivity contribution is 5.93. The van der Waals surface area contributed by atoms with Gasteiger partial charge in [0.05, 0.1) is 5.39 Å². The Morgan fingerprint density at radius 3 is 2.21 bits per heavy atom. The number of hydrogen-bond donors (Lipinski definition) is 1. The van der Waals surface area contributed by atoms with Crippen molar-refractivity contribution in [2.24, 2.45) is 0 Å². The topological polar surface area (TPSA) is 62.6 Å². The third kappa shape index (κ3) is 5.22. The molecule has 0 fully saturated rings. The summed E-state index contributed by atoms with van der Waals surface area (Å²) in [6.45, 7) is 14.0. The number of carbonyl (C=O) groups excluding carboxylic acids is 1. The Labute approximate surface area is 168 Å². The molecule has 5 heteroatoms. The number of nitrogens with one attached hydrogen (secondary N) is 1. The molecule has 2 rings (SSSR count). The van der Waals surface area contributed by atoms with Crippen LogP contribution in [0.4, 0.5) is 0 Å².